The fourth-order valence-corrected chi connectivity index (χ4v) is 4.83. The average molecular weight is 388 g/mol. The molecule has 0 saturated heterocycles. The maximum Gasteiger partial charge on any atom is 0.234 e. The zero-order valence-corrected chi connectivity index (χ0v) is 16.2. The van der Waals surface area contributed by atoms with E-state index >= 15 is 0 Å². The Balaban J connectivity index is 1.57. The van der Waals surface area contributed by atoms with E-state index in [1.54, 1.807) is 0 Å². The molecule has 1 atom stereocenters. The lowest BCUT2D eigenvalue weighted by atomic mass is 9.83. The fourth-order valence-electron chi connectivity index (χ4n) is 2.92. The summed E-state index contributed by atoms with van der Waals surface area (Å²) in [4.78, 5) is 12.5. The van der Waals surface area contributed by atoms with Gasteiger partial charge in [-0.25, -0.2) is 0 Å². The SMILES string of the molecule is CC(Sc1nnc(Nc2ccccc2)s1)C(=O)NC1(C#N)CCCCC1. The summed E-state index contributed by atoms with van der Waals surface area (Å²) in [6.45, 7) is 1.83. The van der Waals surface area contributed by atoms with Crippen molar-refractivity contribution >= 4 is 39.8 Å². The van der Waals surface area contributed by atoms with E-state index in [0.717, 1.165) is 42.1 Å². The topological polar surface area (TPSA) is 90.7 Å². The number of nitrogens with one attached hydrogen (secondary N) is 2. The first-order valence-corrected chi connectivity index (χ1v) is 10.4. The Labute approximate surface area is 161 Å². The van der Waals surface area contributed by atoms with Gasteiger partial charge in [-0.2, -0.15) is 5.26 Å². The minimum atomic E-state index is -0.703. The molecule has 0 spiro atoms. The number of benzene rings is 1. The van der Waals surface area contributed by atoms with E-state index in [0.29, 0.717) is 5.13 Å². The summed E-state index contributed by atoms with van der Waals surface area (Å²) in [6.07, 6.45) is 4.57. The molecule has 2 N–H and O–H groups in total. The second-order valence-electron chi connectivity index (χ2n) is 6.37. The highest BCUT2D eigenvalue weighted by atomic mass is 32.2. The Morgan fingerprint density at radius 3 is 2.69 bits per heavy atom. The van der Waals surface area contributed by atoms with Crippen LogP contribution >= 0.6 is 23.1 Å². The Bertz CT molecular complexity index is 780. The molecule has 1 aliphatic rings. The van der Waals surface area contributed by atoms with Crippen molar-refractivity contribution in [2.24, 2.45) is 0 Å². The smallest absolute Gasteiger partial charge is 0.234 e. The molecule has 1 heterocycles. The molecule has 1 unspecified atom stereocenters. The molecule has 3 rings (SSSR count). The summed E-state index contributed by atoms with van der Waals surface area (Å²) in [5, 5.41) is 24.3. The zero-order valence-electron chi connectivity index (χ0n) is 14.6. The lowest BCUT2D eigenvalue weighted by Crippen LogP contribution is -2.50. The van der Waals surface area contributed by atoms with Crippen molar-refractivity contribution in [2.75, 3.05) is 5.32 Å². The van der Waals surface area contributed by atoms with E-state index < -0.39 is 5.54 Å². The van der Waals surface area contributed by atoms with Crippen LogP contribution < -0.4 is 10.6 Å². The third-order valence-electron chi connectivity index (χ3n) is 4.36. The number of nitriles is 1. The predicted molar refractivity (Wildman–Crippen MR) is 105 cm³/mol. The molecule has 1 saturated carbocycles. The van der Waals surface area contributed by atoms with Gasteiger partial charge in [0.05, 0.1) is 11.3 Å². The summed E-state index contributed by atoms with van der Waals surface area (Å²) in [5.41, 5.74) is 0.241. The predicted octanol–water partition coefficient (Wildman–Crippen LogP) is 4.10. The zero-order chi connectivity index (χ0) is 18.4. The summed E-state index contributed by atoms with van der Waals surface area (Å²) < 4.78 is 0.723. The highest BCUT2D eigenvalue weighted by Crippen LogP contribution is 2.32. The van der Waals surface area contributed by atoms with Gasteiger partial charge in [0.1, 0.15) is 5.54 Å². The van der Waals surface area contributed by atoms with Gasteiger partial charge in [0.25, 0.3) is 0 Å². The molecule has 0 aliphatic heterocycles. The van der Waals surface area contributed by atoms with Crippen LogP contribution in [-0.2, 0) is 4.79 Å². The minimum Gasteiger partial charge on any atom is -0.337 e. The van der Waals surface area contributed by atoms with Crippen LogP contribution in [0.1, 0.15) is 39.0 Å². The number of amides is 1. The van der Waals surface area contributed by atoms with Crippen molar-refractivity contribution < 1.29 is 4.79 Å². The summed E-state index contributed by atoms with van der Waals surface area (Å²) in [5.74, 6) is -0.119. The first-order chi connectivity index (χ1) is 12.6. The first kappa shape index (κ1) is 18.7. The van der Waals surface area contributed by atoms with Gasteiger partial charge in [0.2, 0.25) is 11.0 Å². The van der Waals surface area contributed by atoms with Gasteiger partial charge in [-0.1, -0.05) is 60.6 Å². The van der Waals surface area contributed by atoms with Crippen molar-refractivity contribution in [3.05, 3.63) is 30.3 Å². The largest absolute Gasteiger partial charge is 0.337 e. The third-order valence-corrected chi connectivity index (χ3v) is 6.38. The Hall–Kier alpha value is -2.11. The van der Waals surface area contributed by atoms with E-state index in [1.165, 1.54) is 23.1 Å². The standard InChI is InChI=1S/C18H21N5OS2/c1-13(15(24)21-18(12-19)10-6-3-7-11-18)25-17-23-22-16(26-17)20-14-8-4-2-5-9-14/h2,4-5,8-9,13H,3,6-7,10-11H2,1H3,(H,20,22)(H,21,24). The number of carbonyl (C=O) groups is 1. The number of carbonyl (C=O) groups excluding carboxylic acids is 1. The molecule has 136 valence electrons. The van der Waals surface area contributed by atoms with Crippen LogP contribution in [0.3, 0.4) is 0 Å². The van der Waals surface area contributed by atoms with Gasteiger partial charge in [0.15, 0.2) is 4.34 Å². The molecular weight excluding hydrogens is 366 g/mol. The van der Waals surface area contributed by atoms with Gasteiger partial charge in [-0.05, 0) is 31.9 Å². The van der Waals surface area contributed by atoms with Crippen molar-refractivity contribution in [3.8, 4) is 6.07 Å². The molecule has 1 aromatic heterocycles. The van der Waals surface area contributed by atoms with Crippen molar-refractivity contribution in [3.63, 3.8) is 0 Å². The number of rotatable bonds is 6. The van der Waals surface area contributed by atoms with Crippen molar-refractivity contribution in [1.29, 1.82) is 5.26 Å². The minimum absolute atomic E-state index is 0.119. The maximum absolute atomic E-state index is 12.5. The first-order valence-electron chi connectivity index (χ1n) is 8.66. The molecule has 8 heteroatoms. The van der Waals surface area contributed by atoms with E-state index in [2.05, 4.69) is 26.9 Å². The summed E-state index contributed by atoms with van der Waals surface area (Å²) >= 11 is 2.77. The Morgan fingerprint density at radius 1 is 1.27 bits per heavy atom. The van der Waals surface area contributed by atoms with E-state index in [-0.39, 0.29) is 11.2 Å². The lowest BCUT2D eigenvalue weighted by Gasteiger charge is -2.32. The number of nitrogens with zero attached hydrogens (tertiary/aromatic N) is 3. The van der Waals surface area contributed by atoms with Gasteiger partial charge < -0.3 is 10.6 Å². The van der Waals surface area contributed by atoms with Gasteiger partial charge in [0, 0.05) is 5.69 Å². The summed E-state index contributed by atoms with van der Waals surface area (Å²) in [6, 6.07) is 12.1. The highest BCUT2D eigenvalue weighted by molar-refractivity contribution is 8.02. The van der Waals surface area contributed by atoms with Crippen molar-refractivity contribution in [2.45, 2.75) is 54.2 Å². The lowest BCUT2D eigenvalue weighted by molar-refractivity contribution is -0.121. The number of anilines is 2. The molecule has 0 radical (unpaired) electrons. The molecule has 26 heavy (non-hydrogen) atoms. The van der Waals surface area contributed by atoms with E-state index in [9.17, 15) is 10.1 Å². The van der Waals surface area contributed by atoms with Crippen LogP contribution in [0.25, 0.3) is 0 Å². The van der Waals surface area contributed by atoms with Crippen LogP contribution in [-0.4, -0.2) is 26.9 Å². The number of hydrogen-bond donors (Lipinski definition) is 2. The second kappa shape index (κ2) is 8.52. The van der Waals surface area contributed by atoms with Gasteiger partial charge >= 0.3 is 0 Å². The van der Waals surface area contributed by atoms with Crippen LogP contribution in [0.4, 0.5) is 10.8 Å². The van der Waals surface area contributed by atoms with E-state index in [1.807, 2.05) is 37.3 Å². The monoisotopic (exact) mass is 387 g/mol. The fraction of sp³-hybridized carbons (Fsp3) is 0.444. The highest BCUT2D eigenvalue weighted by Gasteiger charge is 2.35. The maximum atomic E-state index is 12.5. The number of para-hydroxylation sites is 1. The van der Waals surface area contributed by atoms with Gasteiger partial charge in [-0.3, -0.25) is 4.79 Å². The van der Waals surface area contributed by atoms with Gasteiger partial charge in [-0.15, -0.1) is 10.2 Å². The quantitative estimate of drug-likeness (QED) is 0.725. The third kappa shape index (κ3) is 4.74. The van der Waals surface area contributed by atoms with Crippen molar-refractivity contribution in [1.82, 2.24) is 15.5 Å². The molecular formula is C18H21N5OS2. The number of aromatic nitrogens is 2. The second-order valence-corrected chi connectivity index (χ2v) is 8.93. The number of thioether (sulfide) groups is 1. The molecule has 6 nitrogen and oxygen atoms in total. The number of hydrogen-bond acceptors (Lipinski definition) is 7. The Kier molecular flexibility index (Phi) is 6.12. The van der Waals surface area contributed by atoms with E-state index in [4.69, 9.17) is 0 Å². The molecule has 1 amide bonds. The normalized spacial score (nSPS) is 17.1. The van der Waals surface area contributed by atoms with Crippen LogP contribution in [0.5, 0.6) is 0 Å². The van der Waals surface area contributed by atoms with Crippen LogP contribution in [0.15, 0.2) is 34.7 Å². The average Bonchev–Trinajstić information content (AvgIpc) is 3.10. The van der Waals surface area contributed by atoms with Crippen LogP contribution in [0, 0.1) is 11.3 Å². The Morgan fingerprint density at radius 2 is 2.00 bits per heavy atom. The van der Waals surface area contributed by atoms with Crippen LogP contribution in [0.2, 0.25) is 0 Å². The molecule has 1 fully saturated rings. The molecule has 1 aliphatic carbocycles. The molecule has 0 bridgehead atoms. The summed E-state index contributed by atoms with van der Waals surface area (Å²) in [7, 11) is 0. The molecule has 2 aromatic rings. The molecule has 1 aromatic carbocycles.